The third kappa shape index (κ3) is 2.54. The summed E-state index contributed by atoms with van der Waals surface area (Å²) in [5.74, 6) is 0.566. The van der Waals surface area contributed by atoms with Gasteiger partial charge in [-0.25, -0.2) is 0 Å². The molecule has 0 N–H and O–H groups in total. The Labute approximate surface area is 75.0 Å². The molecule has 0 heterocycles. The molecule has 0 nitrogen and oxygen atoms in total. The van der Waals surface area contributed by atoms with Gasteiger partial charge in [0.1, 0.15) is 0 Å². The molecule has 12 heavy (non-hydrogen) atoms. The lowest BCUT2D eigenvalue weighted by Crippen LogP contribution is -1.94. The second kappa shape index (κ2) is 4.76. The largest absolute Gasteiger partial charge is 0.0848 e. The minimum absolute atomic E-state index is 0.566. The molecule has 0 aromatic carbocycles. The molecule has 1 atom stereocenters. The van der Waals surface area contributed by atoms with Crippen LogP contribution in [0, 0.1) is 5.92 Å². The average molecular weight is 160 g/mol. The van der Waals surface area contributed by atoms with E-state index in [0.717, 1.165) is 6.42 Å². The summed E-state index contributed by atoms with van der Waals surface area (Å²) in [7, 11) is 0. The van der Waals surface area contributed by atoms with Crippen LogP contribution >= 0.6 is 0 Å². The molecule has 0 aromatic heterocycles. The Morgan fingerprint density at radius 1 is 1.42 bits per heavy atom. The quantitative estimate of drug-likeness (QED) is 0.578. The lowest BCUT2D eigenvalue weighted by molar-refractivity contribution is 0.883. The van der Waals surface area contributed by atoms with Crippen molar-refractivity contribution in [2.45, 2.75) is 20.3 Å². The van der Waals surface area contributed by atoms with Crippen molar-refractivity contribution in [3.05, 3.63) is 48.1 Å². The predicted octanol–water partition coefficient (Wildman–Crippen LogP) is 3.64. The number of hydrogen-bond donors (Lipinski definition) is 0. The number of allylic oxidation sites excluding steroid dienone is 8. The number of hydrogen-bond acceptors (Lipinski definition) is 0. The van der Waals surface area contributed by atoms with Gasteiger partial charge in [-0.2, -0.15) is 0 Å². The molecule has 0 heteroatoms. The van der Waals surface area contributed by atoms with E-state index in [0.29, 0.717) is 5.92 Å². The fraction of sp³-hybridized carbons (Fsp3) is 0.333. The Morgan fingerprint density at radius 2 is 2.25 bits per heavy atom. The second-order valence-electron chi connectivity index (χ2n) is 3.04. The molecule has 1 aliphatic carbocycles. The molecule has 0 radical (unpaired) electrons. The molecule has 0 aliphatic heterocycles. The standard InChI is InChI=1S/C12H16/c1-3-4-5-9-12-10-7-6-8-11(12)2/h4-11H,3H2,1-2H3/b5-4-,12-9-. The van der Waals surface area contributed by atoms with Crippen LogP contribution in [0.15, 0.2) is 48.1 Å². The minimum Gasteiger partial charge on any atom is -0.0848 e. The minimum atomic E-state index is 0.566. The van der Waals surface area contributed by atoms with Crippen LogP contribution < -0.4 is 0 Å². The molecule has 1 aliphatic rings. The maximum Gasteiger partial charge on any atom is -0.000732 e. The van der Waals surface area contributed by atoms with Gasteiger partial charge in [-0.3, -0.25) is 0 Å². The van der Waals surface area contributed by atoms with Gasteiger partial charge in [0.2, 0.25) is 0 Å². The van der Waals surface area contributed by atoms with Crippen LogP contribution in [0.4, 0.5) is 0 Å². The van der Waals surface area contributed by atoms with Gasteiger partial charge in [0.25, 0.3) is 0 Å². The van der Waals surface area contributed by atoms with Crippen LogP contribution in [0.3, 0.4) is 0 Å². The lowest BCUT2D eigenvalue weighted by atomic mass is 9.96. The summed E-state index contributed by atoms with van der Waals surface area (Å²) >= 11 is 0. The summed E-state index contributed by atoms with van der Waals surface area (Å²) in [6.07, 6.45) is 16.2. The molecule has 0 spiro atoms. The first-order chi connectivity index (χ1) is 5.84. The summed E-state index contributed by atoms with van der Waals surface area (Å²) in [6, 6.07) is 0. The van der Waals surface area contributed by atoms with E-state index < -0.39 is 0 Å². The van der Waals surface area contributed by atoms with E-state index in [2.05, 4.69) is 56.4 Å². The second-order valence-corrected chi connectivity index (χ2v) is 3.04. The Hall–Kier alpha value is -1.04. The van der Waals surface area contributed by atoms with E-state index in [1.165, 1.54) is 5.57 Å². The molecular weight excluding hydrogens is 144 g/mol. The topological polar surface area (TPSA) is 0 Å². The van der Waals surface area contributed by atoms with Gasteiger partial charge in [-0.05, 0) is 17.9 Å². The normalized spacial score (nSPS) is 25.8. The maximum absolute atomic E-state index is 2.21. The van der Waals surface area contributed by atoms with Gasteiger partial charge in [-0.15, -0.1) is 0 Å². The van der Waals surface area contributed by atoms with Crippen molar-refractivity contribution in [2.24, 2.45) is 5.92 Å². The Morgan fingerprint density at radius 3 is 2.92 bits per heavy atom. The predicted molar refractivity (Wildman–Crippen MR) is 55.0 cm³/mol. The van der Waals surface area contributed by atoms with Gasteiger partial charge in [-0.1, -0.05) is 56.4 Å². The first-order valence-electron chi connectivity index (χ1n) is 4.56. The van der Waals surface area contributed by atoms with E-state index in [-0.39, 0.29) is 0 Å². The highest BCUT2D eigenvalue weighted by atomic mass is 14.1. The highest BCUT2D eigenvalue weighted by molar-refractivity contribution is 5.34. The van der Waals surface area contributed by atoms with Crippen molar-refractivity contribution < 1.29 is 0 Å². The lowest BCUT2D eigenvalue weighted by Gasteiger charge is -2.09. The van der Waals surface area contributed by atoms with Gasteiger partial charge in [0.05, 0.1) is 0 Å². The van der Waals surface area contributed by atoms with Crippen molar-refractivity contribution in [1.82, 2.24) is 0 Å². The Kier molecular flexibility index (Phi) is 3.59. The fourth-order valence-electron chi connectivity index (χ4n) is 1.18. The van der Waals surface area contributed by atoms with Crippen molar-refractivity contribution in [1.29, 1.82) is 0 Å². The average Bonchev–Trinajstić information content (AvgIpc) is 2.09. The van der Waals surface area contributed by atoms with E-state index in [1.807, 2.05) is 0 Å². The third-order valence-electron chi connectivity index (χ3n) is 1.99. The van der Waals surface area contributed by atoms with Crippen LogP contribution in [0.2, 0.25) is 0 Å². The summed E-state index contributed by atoms with van der Waals surface area (Å²) in [5.41, 5.74) is 1.39. The summed E-state index contributed by atoms with van der Waals surface area (Å²) in [5, 5.41) is 0. The Balaban J connectivity index is 2.62. The third-order valence-corrected chi connectivity index (χ3v) is 1.99. The van der Waals surface area contributed by atoms with Gasteiger partial charge in [0, 0.05) is 0 Å². The highest BCUT2D eigenvalue weighted by Gasteiger charge is 2.02. The molecule has 0 saturated carbocycles. The van der Waals surface area contributed by atoms with E-state index >= 15 is 0 Å². The summed E-state index contributed by atoms with van der Waals surface area (Å²) < 4.78 is 0. The zero-order valence-electron chi connectivity index (χ0n) is 7.83. The molecule has 0 fully saturated rings. The summed E-state index contributed by atoms with van der Waals surface area (Å²) in [4.78, 5) is 0. The number of rotatable bonds is 2. The Bertz CT molecular complexity index is 239. The zero-order valence-corrected chi connectivity index (χ0v) is 7.83. The maximum atomic E-state index is 2.21. The van der Waals surface area contributed by atoms with Crippen molar-refractivity contribution in [2.75, 3.05) is 0 Å². The fourth-order valence-corrected chi connectivity index (χ4v) is 1.18. The van der Waals surface area contributed by atoms with Gasteiger partial charge < -0.3 is 0 Å². The molecule has 1 unspecified atom stereocenters. The first-order valence-corrected chi connectivity index (χ1v) is 4.56. The monoisotopic (exact) mass is 160 g/mol. The van der Waals surface area contributed by atoms with E-state index in [9.17, 15) is 0 Å². The molecule has 1 rings (SSSR count). The van der Waals surface area contributed by atoms with Crippen LogP contribution in [0.5, 0.6) is 0 Å². The molecular formula is C12H16. The molecule has 64 valence electrons. The van der Waals surface area contributed by atoms with Crippen molar-refractivity contribution in [3.8, 4) is 0 Å². The van der Waals surface area contributed by atoms with Gasteiger partial charge >= 0.3 is 0 Å². The van der Waals surface area contributed by atoms with E-state index in [4.69, 9.17) is 0 Å². The SMILES string of the molecule is CC/C=C\C=C1\C=CC=CC1C. The van der Waals surface area contributed by atoms with Crippen LogP contribution in [-0.2, 0) is 0 Å². The van der Waals surface area contributed by atoms with Crippen molar-refractivity contribution in [3.63, 3.8) is 0 Å². The molecule has 0 aromatic rings. The van der Waals surface area contributed by atoms with Crippen LogP contribution in [-0.4, -0.2) is 0 Å². The van der Waals surface area contributed by atoms with Gasteiger partial charge in [0.15, 0.2) is 0 Å². The van der Waals surface area contributed by atoms with E-state index in [1.54, 1.807) is 0 Å². The van der Waals surface area contributed by atoms with Crippen molar-refractivity contribution >= 4 is 0 Å². The zero-order chi connectivity index (χ0) is 8.81. The smallest absolute Gasteiger partial charge is 0.000732 e. The van der Waals surface area contributed by atoms with Crippen LogP contribution in [0.25, 0.3) is 0 Å². The molecule has 0 saturated heterocycles. The molecule has 0 bridgehead atoms. The first kappa shape index (κ1) is 9.05. The summed E-state index contributed by atoms with van der Waals surface area (Å²) in [6.45, 7) is 4.36. The molecule has 0 amide bonds. The van der Waals surface area contributed by atoms with Crippen LogP contribution in [0.1, 0.15) is 20.3 Å². The highest BCUT2D eigenvalue weighted by Crippen LogP contribution is 2.17.